The highest BCUT2D eigenvalue weighted by Gasteiger charge is 2.28. The lowest BCUT2D eigenvalue weighted by Crippen LogP contribution is -2.22. The molecule has 0 radical (unpaired) electrons. The Hall–Kier alpha value is -1.12. The van der Waals surface area contributed by atoms with E-state index in [1.807, 2.05) is 6.33 Å². The number of aryl methyl sites for hydroxylation is 1. The van der Waals surface area contributed by atoms with Crippen molar-refractivity contribution in [1.29, 1.82) is 0 Å². The zero-order valence-corrected chi connectivity index (χ0v) is 8.20. The summed E-state index contributed by atoms with van der Waals surface area (Å²) in [6.07, 6.45) is 8.29. The quantitative estimate of drug-likeness (QED) is 0.680. The van der Waals surface area contributed by atoms with Gasteiger partial charge in [0.05, 0.1) is 12.0 Å². The van der Waals surface area contributed by atoms with Crippen LogP contribution in [-0.4, -0.2) is 15.3 Å². The predicted octanol–water partition coefficient (Wildman–Crippen LogP) is 2.13. The van der Waals surface area contributed by atoms with Gasteiger partial charge in [-0.1, -0.05) is 0 Å². The summed E-state index contributed by atoms with van der Waals surface area (Å²) in [6.45, 7) is 0. The molecule has 3 rings (SSSR count). The Labute approximate surface area is 83.1 Å². The monoisotopic (exact) mass is 190 g/mol. The molecule has 0 spiro atoms. The van der Waals surface area contributed by atoms with Crippen LogP contribution in [0.25, 0.3) is 0 Å². The van der Waals surface area contributed by atoms with Gasteiger partial charge < -0.3 is 4.57 Å². The van der Waals surface area contributed by atoms with Crippen LogP contribution in [0.5, 0.6) is 0 Å². The van der Waals surface area contributed by atoms with Gasteiger partial charge in [0, 0.05) is 12.5 Å². The predicted molar refractivity (Wildman–Crippen MR) is 52.4 cm³/mol. The van der Waals surface area contributed by atoms with Gasteiger partial charge in [0.15, 0.2) is 5.78 Å². The van der Waals surface area contributed by atoms with E-state index in [-0.39, 0.29) is 0 Å². The van der Waals surface area contributed by atoms with Crippen LogP contribution in [0.2, 0.25) is 0 Å². The zero-order valence-electron chi connectivity index (χ0n) is 8.20. The molecule has 3 heteroatoms. The lowest BCUT2D eigenvalue weighted by atomic mass is 9.91. The van der Waals surface area contributed by atoms with E-state index in [1.54, 1.807) is 0 Å². The van der Waals surface area contributed by atoms with Crippen molar-refractivity contribution in [1.82, 2.24) is 9.55 Å². The summed E-state index contributed by atoms with van der Waals surface area (Å²) in [7, 11) is 0. The number of ketones is 1. The Balaban J connectivity index is 2.04. The maximum absolute atomic E-state index is 11.8. The third-order valence-electron chi connectivity index (χ3n) is 3.42. The highest BCUT2D eigenvalue weighted by Crippen LogP contribution is 2.34. The smallest absolute Gasteiger partial charge is 0.181 e. The Morgan fingerprint density at radius 1 is 1.29 bits per heavy atom. The Morgan fingerprint density at radius 2 is 2.14 bits per heavy atom. The lowest BCUT2D eigenvalue weighted by Gasteiger charge is -2.28. The van der Waals surface area contributed by atoms with Crippen molar-refractivity contribution < 1.29 is 4.79 Å². The molecule has 2 aliphatic rings. The third kappa shape index (κ3) is 1.04. The summed E-state index contributed by atoms with van der Waals surface area (Å²) in [6, 6.07) is 0.563. The van der Waals surface area contributed by atoms with Crippen LogP contribution in [-0.2, 0) is 6.42 Å². The molecule has 0 aliphatic heterocycles. The van der Waals surface area contributed by atoms with Crippen LogP contribution >= 0.6 is 0 Å². The Morgan fingerprint density at radius 3 is 2.86 bits per heavy atom. The molecule has 2 aliphatic carbocycles. The zero-order chi connectivity index (χ0) is 9.54. The van der Waals surface area contributed by atoms with E-state index < -0.39 is 0 Å². The first-order valence-corrected chi connectivity index (χ1v) is 5.45. The van der Waals surface area contributed by atoms with Crippen LogP contribution in [0.4, 0.5) is 0 Å². The van der Waals surface area contributed by atoms with Crippen molar-refractivity contribution in [3.8, 4) is 0 Å². The van der Waals surface area contributed by atoms with Gasteiger partial charge in [-0.15, -0.1) is 0 Å². The summed E-state index contributed by atoms with van der Waals surface area (Å²) < 4.78 is 2.13. The molecule has 74 valence electrons. The first-order valence-electron chi connectivity index (χ1n) is 5.45. The van der Waals surface area contributed by atoms with Crippen LogP contribution in [0.15, 0.2) is 6.33 Å². The van der Waals surface area contributed by atoms with Gasteiger partial charge in [-0.3, -0.25) is 4.79 Å². The number of carbonyl (C=O) groups excluding carboxylic acids is 1. The fourth-order valence-electron chi connectivity index (χ4n) is 2.36. The summed E-state index contributed by atoms with van der Waals surface area (Å²) in [4.78, 5) is 16.1. The number of imidazole rings is 1. The van der Waals surface area contributed by atoms with Gasteiger partial charge in [0.1, 0.15) is 5.69 Å². The summed E-state index contributed by atoms with van der Waals surface area (Å²) in [5, 5.41) is 0. The van der Waals surface area contributed by atoms with Crippen LogP contribution in [0.3, 0.4) is 0 Å². The van der Waals surface area contributed by atoms with Crippen molar-refractivity contribution in [3.63, 3.8) is 0 Å². The molecule has 0 amide bonds. The molecule has 0 bridgehead atoms. The number of nitrogens with zero attached hydrogens (tertiary/aromatic N) is 2. The Bertz CT molecular complexity index is 377. The van der Waals surface area contributed by atoms with Gasteiger partial charge in [0.25, 0.3) is 0 Å². The minimum Gasteiger partial charge on any atom is -0.325 e. The molecule has 0 N–H and O–H groups in total. The Kier molecular flexibility index (Phi) is 1.72. The molecule has 1 saturated carbocycles. The number of fused-ring (bicyclic) bond motifs is 1. The molecule has 0 atom stereocenters. The van der Waals surface area contributed by atoms with Gasteiger partial charge in [-0.25, -0.2) is 4.98 Å². The van der Waals surface area contributed by atoms with Crippen LogP contribution in [0.1, 0.15) is 54.3 Å². The largest absolute Gasteiger partial charge is 0.325 e. The summed E-state index contributed by atoms with van der Waals surface area (Å²) in [5.74, 6) is 0.302. The molecule has 3 nitrogen and oxygen atoms in total. The normalized spacial score (nSPS) is 21.9. The number of hydrogen-bond donors (Lipinski definition) is 0. The second-order valence-corrected chi connectivity index (χ2v) is 4.31. The molecular weight excluding hydrogens is 176 g/mol. The molecule has 14 heavy (non-hydrogen) atoms. The molecule has 0 unspecified atom stereocenters. The van der Waals surface area contributed by atoms with Crippen molar-refractivity contribution >= 4 is 5.78 Å². The van der Waals surface area contributed by atoms with Crippen molar-refractivity contribution in [2.75, 3.05) is 0 Å². The van der Waals surface area contributed by atoms with Gasteiger partial charge in [0.2, 0.25) is 0 Å². The van der Waals surface area contributed by atoms with Crippen molar-refractivity contribution in [2.45, 2.75) is 44.6 Å². The molecule has 1 heterocycles. The van der Waals surface area contributed by atoms with Gasteiger partial charge in [-0.2, -0.15) is 0 Å². The highest BCUT2D eigenvalue weighted by molar-refractivity contribution is 5.96. The third-order valence-corrected chi connectivity index (χ3v) is 3.42. The van der Waals surface area contributed by atoms with E-state index in [0.29, 0.717) is 18.2 Å². The number of Topliss-reactive ketones (excluding diaryl/α,β-unsaturated/α-hetero) is 1. The fraction of sp³-hybridized carbons (Fsp3) is 0.636. The van der Waals surface area contributed by atoms with E-state index in [9.17, 15) is 4.79 Å². The van der Waals surface area contributed by atoms with Gasteiger partial charge in [-0.05, 0) is 32.1 Å². The summed E-state index contributed by atoms with van der Waals surface area (Å²) >= 11 is 0. The molecule has 0 saturated heterocycles. The number of hydrogen-bond acceptors (Lipinski definition) is 2. The average Bonchev–Trinajstić information content (AvgIpc) is 2.47. The number of aromatic nitrogens is 2. The molecule has 0 aromatic carbocycles. The van der Waals surface area contributed by atoms with Gasteiger partial charge >= 0.3 is 0 Å². The van der Waals surface area contributed by atoms with Crippen molar-refractivity contribution in [2.24, 2.45) is 0 Å². The minimum atomic E-state index is 0.302. The second kappa shape index (κ2) is 2.94. The number of rotatable bonds is 1. The first kappa shape index (κ1) is 8.21. The van der Waals surface area contributed by atoms with Crippen molar-refractivity contribution in [3.05, 3.63) is 17.7 Å². The fourth-order valence-corrected chi connectivity index (χ4v) is 2.36. The van der Waals surface area contributed by atoms with Crippen LogP contribution < -0.4 is 0 Å². The van der Waals surface area contributed by atoms with E-state index in [1.165, 1.54) is 19.3 Å². The second-order valence-electron chi connectivity index (χ2n) is 4.31. The maximum Gasteiger partial charge on any atom is 0.181 e. The van der Waals surface area contributed by atoms with E-state index in [4.69, 9.17) is 0 Å². The average molecular weight is 190 g/mol. The topological polar surface area (TPSA) is 34.9 Å². The molecular formula is C11H14N2O. The highest BCUT2D eigenvalue weighted by atomic mass is 16.1. The number of carbonyl (C=O) groups is 1. The SMILES string of the molecule is O=C1CCCc2ncn(C3CCC3)c21. The lowest BCUT2D eigenvalue weighted by molar-refractivity contribution is 0.0956. The molecule has 1 aromatic heterocycles. The summed E-state index contributed by atoms with van der Waals surface area (Å²) in [5.41, 5.74) is 1.95. The van der Waals surface area contributed by atoms with E-state index in [0.717, 1.165) is 24.2 Å². The van der Waals surface area contributed by atoms with Crippen LogP contribution in [0, 0.1) is 0 Å². The molecule has 1 aromatic rings. The molecule has 1 fully saturated rings. The first-order chi connectivity index (χ1) is 6.86. The standard InChI is InChI=1S/C11H14N2O/c14-10-6-2-5-9-11(10)13(7-12-9)8-3-1-4-8/h7-8H,1-6H2. The van der Waals surface area contributed by atoms with E-state index >= 15 is 0 Å². The minimum absolute atomic E-state index is 0.302. The maximum atomic E-state index is 11.8. The van der Waals surface area contributed by atoms with E-state index in [2.05, 4.69) is 9.55 Å².